The number of ether oxygens (including phenoxy) is 1. The lowest BCUT2D eigenvalue weighted by molar-refractivity contribution is 0.102. The number of aryl methyl sites for hydroxylation is 1. The molecule has 0 bridgehead atoms. The molecule has 1 aromatic heterocycles. The highest BCUT2D eigenvalue weighted by Gasteiger charge is 2.13. The summed E-state index contributed by atoms with van der Waals surface area (Å²) in [4.78, 5) is 23.4. The van der Waals surface area contributed by atoms with E-state index in [-0.39, 0.29) is 5.91 Å². The van der Waals surface area contributed by atoms with E-state index in [1.165, 1.54) is 18.5 Å². The van der Waals surface area contributed by atoms with Crippen LogP contribution in [0.2, 0.25) is 0 Å². The predicted molar refractivity (Wildman–Crippen MR) is 103 cm³/mol. The minimum atomic E-state index is -0.251. The lowest BCUT2D eigenvalue weighted by atomic mass is 10.2. The van der Waals surface area contributed by atoms with Crippen LogP contribution >= 0.6 is 0 Å². The molecule has 2 aromatic rings. The van der Waals surface area contributed by atoms with Gasteiger partial charge in [0.05, 0.1) is 6.61 Å². The van der Waals surface area contributed by atoms with Crippen molar-refractivity contribution in [2.24, 2.45) is 0 Å². The molecule has 138 valence electrons. The number of nitrogens with one attached hydrogen (secondary N) is 2. The summed E-state index contributed by atoms with van der Waals surface area (Å²) >= 11 is 0. The van der Waals surface area contributed by atoms with Crippen LogP contribution in [-0.4, -0.2) is 49.2 Å². The topological polar surface area (TPSA) is 79.4 Å². The number of rotatable bonds is 7. The highest BCUT2D eigenvalue weighted by atomic mass is 16.5. The first-order valence-corrected chi connectivity index (χ1v) is 8.90. The molecule has 2 N–H and O–H groups in total. The molecule has 0 unspecified atom stereocenters. The number of anilines is 3. The van der Waals surface area contributed by atoms with Crippen molar-refractivity contribution < 1.29 is 9.53 Å². The van der Waals surface area contributed by atoms with Crippen LogP contribution in [-0.2, 0) is 4.74 Å². The number of nitrogens with zero attached hydrogens (tertiary/aromatic N) is 3. The van der Waals surface area contributed by atoms with E-state index in [0.29, 0.717) is 30.5 Å². The molecule has 7 nitrogen and oxygen atoms in total. The molecule has 0 saturated carbocycles. The summed E-state index contributed by atoms with van der Waals surface area (Å²) < 4.78 is 5.01. The number of amides is 1. The number of hydrogen-bond donors (Lipinski definition) is 2. The zero-order valence-electron chi connectivity index (χ0n) is 15.3. The van der Waals surface area contributed by atoms with Crippen molar-refractivity contribution in [1.82, 2.24) is 9.97 Å². The zero-order valence-corrected chi connectivity index (χ0v) is 15.3. The van der Waals surface area contributed by atoms with E-state index >= 15 is 0 Å². The van der Waals surface area contributed by atoms with Gasteiger partial charge in [-0.15, -0.1) is 0 Å². The zero-order chi connectivity index (χ0) is 18.4. The van der Waals surface area contributed by atoms with Gasteiger partial charge in [0.25, 0.3) is 5.91 Å². The van der Waals surface area contributed by atoms with Gasteiger partial charge in [-0.25, -0.2) is 9.97 Å². The van der Waals surface area contributed by atoms with Crippen LogP contribution in [0.3, 0.4) is 0 Å². The molecule has 1 fully saturated rings. The lowest BCUT2D eigenvalue weighted by Crippen LogP contribution is -2.18. The first-order valence-electron chi connectivity index (χ1n) is 8.90. The Morgan fingerprint density at radius 3 is 2.62 bits per heavy atom. The molecule has 2 heterocycles. The average Bonchev–Trinajstić information content (AvgIpc) is 3.17. The molecule has 1 aliphatic heterocycles. The van der Waals surface area contributed by atoms with E-state index in [1.807, 2.05) is 24.3 Å². The van der Waals surface area contributed by atoms with E-state index in [1.54, 1.807) is 20.1 Å². The highest BCUT2D eigenvalue weighted by molar-refractivity contribution is 6.03. The van der Waals surface area contributed by atoms with Crippen LogP contribution in [0.15, 0.2) is 30.3 Å². The van der Waals surface area contributed by atoms with Gasteiger partial charge in [-0.05, 0) is 44.0 Å². The Hall–Kier alpha value is -2.67. The quantitative estimate of drug-likeness (QED) is 0.744. The van der Waals surface area contributed by atoms with Crippen LogP contribution in [0.1, 0.15) is 29.2 Å². The van der Waals surface area contributed by atoms with Crippen LogP contribution in [0.25, 0.3) is 0 Å². The summed E-state index contributed by atoms with van der Waals surface area (Å²) in [6, 6.07) is 9.60. The molecule has 1 saturated heterocycles. The molecule has 1 aromatic carbocycles. The molecule has 26 heavy (non-hydrogen) atoms. The minimum Gasteiger partial charge on any atom is -0.383 e. The van der Waals surface area contributed by atoms with E-state index in [4.69, 9.17) is 4.74 Å². The Kier molecular flexibility index (Phi) is 6.01. The van der Waals surface area contributed by atoms with Crippen LogP contribution in [0.5, 0.6) is 0 Å². The second-order valence-electron chi connectivity index (χ2n) is 6.30. The summed E-state index contributed by atoms with van der Waals surface area (Å²) in [7, 11) is 1.64. The van der Waals surface area contributed by atoms with Crippen molar-refractivity contribution in [3.63, 3.8) is 0 Å². The Labute approximate surface area is 153 Å². The fourth-order valence-electron chi connectivity index (χ4n) is 2.98. The number of benzene rings is 1. The van der Waals surface area contributed by atoms with Gasteiger partial charge < -0.3 is 20.3 Å². The van der Waals surface area contributed by atoms with Gasteiger partial charge in [-0.3, -0.25) is 4.79 Å². The Balaban J connectivity index is 1.65. The maximum absolute atomic E-state index is 12.5. The fraction of sp³-hybridized carbons (Fsp3) is 0.421. The Morgan fingerprint density at radius 2 is 1.92 bits per heavy atom. The first kappa shape index (κ1) is 18.1. The van der Waals surface area contributed by atoms with Gasteiger partial charge in [-0.1, -0.05) is 0 Å². The molecule has 7 heteroatoms. The largest absolute Gasteiger partial charge is 0.383 e. The van der Waals surface area contributed by atoms with Crippen LogP contribution in [0.4, 0.5) is 17.2 Å². The van der Waals surface area contributed by atoms with Gasteiger partial charge in [-0.2, -0.15) is 0 Å². The second-order valence-corrected chi connectivity index (χ2v) is 6.30. The fourth-order valence-corrected chi connectivity index (χ4v) is 2.98. The number of carbonyl (C=O) groups is 1. The summed E-state index contributed by atoms with van der Waals surface area (Å²) in [6.45, 7) is 5.15. The van der Waals surface area contributed by atoms with Crippen LogP contribution in [0, 0.1) is 6.92 Å². The second kappa shape index (κ2) is 8.62. The standard InChI is InChI=1S/C19H25N5O2/c1-14-21-17(13-18(22-14)20-9-12-26-2)19(25)23-15-5-7-16(8-6-15)24-10-3-4-11-24/h5-8,13H,3-4,9-12H2,1-2H3,(H,23,25)(H,20,21,22). The first-order chi connectivity index (χ1) is 12.7. The molecule has 0 spiro atoms. The molecular formula is C19H25N5O2. The van der Waals surface area contributed by atoms with E-state index < -0.39 is 0 Å². The predicted octanol–water partition coefficient (Wildman–Crippen LogP) is 2.70. The number of methoxy groups -OCH3 is 1. The van der Waals surface area contributed by atoms with Crippen molar-refractivity contribution in [1.29, 1.82) is 0 Å². The lowest BCUT2D eigenvalue weighted by Gasteiger charge is -2.17. The number of carbonyl (C=O) groups excluding carboxylic acids is 1. The van der Waals surface area contributed by atoms with Gasteiger partial charge >= 0.3 is 0 Å². The monoisotopic (exact) mass is 355 g/mol. The average molecular weight is 355 g/mol. The van der Waals surface area contributed by atoms with E-state index in [2.05, 4.69) is 25.5 Å². The van der Waals surface area contributed by atoms with Gasteiger partial charge in [0.1, 0.15) is 17.3 Å². The molecule has 3 rings (SSSR count). The van der Waals surface area contributed by atoms with Crippen molar-refractivity contribution >= 4 is 23.1 Å². The maximum atomic E-state index is 12.5. The third-order valence-electron chi connectivity index (χ3n) is 4.28. The van der Waals surface area contributed by atoms with Crippen molar-refractivity contribution in [3.05, 3.63) is 41.9 Å². The molecule has 1 amide bonds. The van der Waals surface area contributed by atoms with Crippen LogP contribution < -0.4 is 15.5 Å². The SMILES string of the molecule is COCCNc1cc(C(=O)Nc2ccc(N3CCCC3)cc2)nc(C)n1. The van der Waals surface area contributed by atoms with Gasteiger partial charge in [0.2, 0.25) is 0 Å². The summed E-state index contributed by atoms with van der Waals surface area (Å²) in [5, 5.41) is 6.02. The number of hydrogen-bond acceptors (Lipinski definition) is 6. The van der Waals surface area contributed by atoms with Gasteiger partial charge in [0.15, 0.2) is 0 Å². The van der Waals surface area contributed by atoms with E-state index in [0.717, 1.165) is 18.8 Å². The molecule has 1 aliphatic rings. The van der Waals surface area contributed by atoms with Gasteiger partial charge in [0, 0.05) is 44.2 Å². The summed E-state index contributed by atoms with van der Waals surface area (Å²) in [5.41, 5.74) is 2.28. The number of aromatic nitrogens is 2. The maximum Gasteiger partial charge on any atom is 0.274 e. The molecule has 0 atom stereocenters. The molecule has 0 radical (unpaired) electrons. The Morgan fingerprint density at radius 1 is 1.19 bits per heavy atom. The summed E-state index contributed by atoms with van der Waals surface area (Å²) in [5.74, 6) is 0.908. The van der Waals surface area contributed by atoms with Crippen molar-refractivity contribution in [2.45, 2.75) is 19.8 Å². The minimum absolute atomic E-state index is 0.251. The van der Waals surface area contributed by atoms with Crippen molar-refractivity contribution in [2.75, 3.05) is 48.9 Å². The summed E-state index contributed by atoms with van der Waals surface area (Å²) in [6.07, 6.45) is 2.48. The Bertz CT molecular complexity index is 742. The normalized spacial score (nSPS) is 13.7. The molecule has 0 aliphatic carbocycles. The van der Waals surface area contributed by atoms with Crippen molar-refractivity contribution in [3.8, 4) is 0 Å². The smallest absolute Gasteiger partial charge is 0.274 e. The third kappa shape index (κ3) is 4.70. The highest BCUT2D eigenvalue weighted by Crippen LogP contribution is 2.22. The third-order valence-corrected chi connectivity index (χ3v) is 4.28. The molecular weight excluding hydrogens is 330 g/mol. The van der Waals surface area contributed by atoms with E-state index in [9.17, 15) is 4.79 Å².